The Kier molecular flexibility index (Phi) is 5.51. The van der Waals surface area contributed by atoms with Gasteiger partial charge in [0.15, 0.2) is 0 Å². The average molecular weight is 424 g/mol. The second kappa shape index (κ2) is 7.63. The maximum atomic E-state index is 12.5. The standard InChI is InChI=1S/C17H18BrN3O3S/c18-15-9-14(11-19-12-15)17(22)20-10-13-3-5-16(6-4-13)25(23,24)21-7-1-2-8-21/h3-6,9,11-12H,1-2,7-8,10H2,(H,20,22). The molecule has 1 aromatic carbocycles. The first-order valence-electron chi connectivity index (χ1n) is 7.95. The van der Waals surface area contributed by atoms with Crippen LogP contribution in [-0.4, -0.2) is 36.7 Å². The third-order valence-corrected chi connectivity index (χ3v) is 6.39. The summed E-state index contributed by atoms with van der Waals surface area (Å²) in [6, 6.07) is 8.32. The van der Waals surface area contributed by atoms with Gasteiger partial charge < -0.3 is 5.32 Å². The molecule has 132 valence electrons. The van der Waals surface area contributed by atoms with Crippen molar-refractivity contribution in [1.29, 1.82) is 0 Å². The Morgan fingerprint density at radius 3 is 2.48 bits per heavy atom. The number of aromatic nitrogens is 1. The van der Waals surface area contributed by atoms with Crippen LogP contribution in [0.1, 0.15) is 28.8 Å². The maximum Gasteiger partial charge on any atom is 0.253 e. The molecule has 25 heavy (non-hydrogen) atoms. The zero-order valence-corrected chi connectivity index (χ0v) is 15.9. The summed E-state index contributed by atoms with van der Waals surface area (Å²) in [6.07, 6.45) is 4.92. The number of rotatable bonds is 5. The van der Waals surface area contributed by atoms with Crippen molar-refractivity contribution in [2.45, 2.75) is 24.3 Å². The van der Waals surface area contributed by atoms with Crippen molar-refractivity contribution < 1.29 is 13.2 Å². The van der Waals surface area contributed by atoms with E-state index in [0.29, 0.717) is 30.1 Å². The molecule has 1 amide bonds. The molecule has 0 unspecified atom stereocenters. The van der Waals surface area contributed by atoms with Crippen LogP contribution in [0.3, 0.4) is 0 Å². The summed E-state index contributed by atoms with van der Waals surface area (Å²) >= 11 is 3.28. The van der Waals surface area contributed by atoms with Crippen molar-refractivity contribution >= 4 is 31.9 Å². The number of nitrogens with one attached hydrogen (secondary N) is 1. The van der Waals surface area contributed by atoms with Crippen LogP contribution in [-0.2, 0) is 16.6 Å². The smallest absolute Gasteiger partial charge is 0.253 e. The molecule has 0 bridgehead atoms. The zero-order chi connectivity index (χ0) is 17.9. The van der Waals surface area contributed by atoms with Gasteiger partial charge in [0.25, 0.3) is 5.91 Å². The fourth-order valence-electron chi connectivity index (χ4n) is 2.68. The van der Waals surface area contributed by atoms with Crippen molar-refractivity contribution in [2.75, 3.05) is 13.1 Å². The van der Waals surface area contributed by atoms with Crippen molar-refractivity contribution in [3.05, 3.63) is 58.3 Å². The van der Waals surface area contributed by atoms with Crippen LogP contribution >= 0.6 is 15.9 Å². The molecular formula is C17H18BrN3O3S. The topological polar surface area (TPSA) is 79.4 Å². The predicted octanol–water partition coefficient (Wildman–Crippen LogP) is 2.56. The van der Waals surface area contributed by atoms with Crippen LogP contribution in [0.2, 0.25) is 0 Å². The highest BCUT2D eigenvalue weighted by molar-refractivity contribution is 9.10. The van der Waals surface area contributed by atoms with E-state index in [4.69, 9.17) is 0 Å². The molecule has 6 nitrogen and oxygen atoms in total. The molecule has 0 atom stereocenters. The number of nitrogens with zero attached hydrogens (tertiary/aromatic N) is 2. The van der Waals surface area contributed by atoms with Gasteiger partial charge in [-0.2, -0.15) is 4.31 Å². The number of hydrogen-bond donors (Lipinski definition) is 1. The first kappa shape index (κ1) is 18.0. The van der Waals surface area contributed by atoms with Gasteiger partial charge in [-0.05, 0) is 52.5 Å². The van der Waals surface area contributed by atoms with E-state index in [0.717, 1.165) is 22.9 Å². The van der Waals surface area contributed by atoms with Crippen molar-refractivity contribution in [3.63, 3.8) is 0 Å². The SMILES string of the molecule is O=C(NCc1ccc(S(=O)(=O)N2CCCC2)cc1)c1cncc(Br)c1. The summed E-state index contributed by atoms with van der Waals surface area (Å²) in [5.41, 5.74) is 1.29. The number of benzene rings is 1. The number of pyridine rings is 1. The number of amides is 1. The first-order valence-corrected chi connectivity index (χ1v) is 10.2. The van der Waals surface area contributed by atoms with Gasteiger partial charge in [-0.1, -0.05) is 12.1 Å². The van der Waals surface area contributed by atoms with Gasteiger partial charge in [0.2, 0.25) is 10.0 Å². The molecule has 2 heterocycles. The van der Waals surface area contributed by atoms with E-state index in [1.807, 2.05) is 0 Å². The van der Waals surface area contributed by atoms with Gasteiger partial charge in [-0.15, -0.1) is 0 Å². The largest absolute Gasteiger partial charge is 0.348 e. The number of carbonyl (C=O) groups is 1. The summed E-state index contributed by atoms with van der Waals surface area (Å²) in [5, 5.41) is 2.80. The Balaban J connectivity index is 1.64. The lowest BCUT2D eigenvalue weighted by molar-refractivity contribution is 0.0950. The van der Waals surface area contributed by atoms with Crippen LogP contribution in [0.25, 0.3) is 0 Å². The monoisotopic (exact) mass is 423 g/mol. The van der Waals surface area contributed by atoms with E-state index in [9.17, 15) is 13.2 Å². The number of sulfonamides is 1. The number of carbonyl (C=O) groups excluding carboxylic acids is 1. The molecule has 3 rings (SSSR count). The number of halogens is 1. The summed E-state index contributed by atoms with van der Waals surface area (Å²) in [5.74, 6) is -0.234. The third kappa shape index (κ3) is 4.26. The summed E-state index contributed by atoms with van der Waals surface area (Å²) in [4.78, 5) is 16.3. The summed E-state index contributed by atoms with van der Waals surface area (Å²) in [7, 11) is -3.40. The zero-order valence-electron chi connectivity index (χ0n) is 13.5. The quantitative estimate of drug-likeness (QED) is 0.800. The Labute approximate surface area is 155 Å². The van der Waals surface area contributed by atoms with Gasteiger partial charge in [-0.3, -0.25) is 9.78 Å². The fourth-order valence-corrected chi connectivity index (χ4v) is 4.56. The fraction of sp³-hybridized carbons (Fsp3) is 0.294. The van der Waals surface area contributed by atoms with Gasteiger partial charge in [0.05, 0.1) is 10.5 Å². The molecule has 1 saturated heterocycles. The van der Waals surface area contributed by atoms with Crippen molar-refractivity contribution in [2.24, 2.45) is 0 Å². The normalized spacial score (nSPS) is 15.2. The van der Waals surface area contributed by atoms with Crippen molar-refractivity contribution in [1.82, 2.24) is 14.6 Å². The third-order valence-electron chi connectivity index (χ3n) is 4.05. The van der Waals surface area contributed by atoms with Gasteiger partial charge in [-0.25, -0.2) is 8.42 Å². The maximum absolute atomic E-state index is 12.5. The minimum atomic E-state index is -3.40. The second-order valence-corrected chi connectivity index (χ2v) is 8.68. The van der Waals surface area contributed by atoms with E-state index in [-0.39, 0.29) is 5.91 Å². The highest BCUT2D eigenvalue weighted by atomic mass is 79.9. The molecular weight excluding hydrogens is 406 g/mol. The molecule has 1 aliphatic rings. The Morgan fingerprint density at radius 2 is 1.84 bits per heavy atom. The second-order valence-electron chi connectivity index (χ2n) is 5.83. The Morgan fingerprint density at radius 1 is 1.16 bits per heavy atom. The molecule has 1 N–H and O–H groups in total. The minimum absolute atomic E-state index is 0.234. The van der Waals surface area contributed by atoms with Crippen LogP contribution in [0.4, 0.5) is 0 Å². The van der Waals surface area contributed by atoms with E-state index >= 15 is 0 Å². The van der Waals surface area contributed by atoms with Crippen molar-refractivity contribution in [3.8, 4) is 0 Å². The number of hydrogen-bond acceptors (Lipinski definition) is 4. The molecule has 2 aromatic rings. The van der Waals surface area contributed by atoms with Crippen LogP contribution < -0.4 is 5.32 Å². The average Bonchev–Trinajstić information content (AvgIpc) is 3.15. The van der Waals surface area contributed by atoms with E-state index in [2.05, 4.69) is 26.2 Å². The predicted molar refractivity (Wildman–Crippen MR) is 97.5 cm³/mol. The molecule has 0 spiro atoms. The van der Waals surface area contributed by atoms with Gasteiger partial charge in [0.1, 0.15) is 0 Å². The molecule has 0 saturated carbocycles. The molecule has 8 heteroatoms. The molecule has 0 aliphatic carbocycles. The van der Waals surface area contributed by atoms with Crippen LogP contribution in [0.5, 0.6) is 0 Å². The van der Waals surface area contributed by atoms with E-state index < -0.39 is 10.0 Å². The summed E-state index contributed by atoms with van der Waals surface area (Å²) in [6.45, 7) is 1.48. The van der Waals surface area contributed by atoms with Gasteiger partial charge in [0, 0.05) is 36.5 Å². The lowest BCUT2D eigenvalue weighted by atomic mass is 10.2. The van der Waals surface area contributed by atoms with E-state index in [1.165, 1.54) is 10.5 Å². The molecule has 0 radical (unpaired) electrons. The van der Waals surface area contributed by atoms with Crippen LogP contribution in [0, 0.1) is 0 Å². The molecule has 1 aromatic heterocycles. The Bertz CT molecular complexity index is 863. The van der Waals surface area contributed by atoms with Crippen LogP contribution in [0.15, 0.2) is 52.1 Å². The highest BCUT2D eigenvalue weighted by Crippen LogP contribution is 2.21. The lowest BCUT2D eigenvalue weighted by Crippen LogP contribution is -2.28. The Hall–Kier alpha value is -1.77. The minimum Gasteiger partial charge on any atom is -0.348 e. The lowest BCUT2D eigenvalue weighted by Gasteiger charge is -2.15. The van der Waals surface area contributed by atoms with E-state index in [1.54, 1.807) is 36.5 Å². The molecule has 1 aliphatic heterocycles. The van der Waals surface area contributed by atoms with Gasteiger partial charge >= 0.3 is 0 Å². The first-order chi connectivity index (χ1) is 12.0. The highest BCUT2D eigenvalue weighted by Gasteiger charge is 2.26. The summed E-state index contributed by atoms with van der Waals surface area (Å²) < 4.78 is 27.2. The molecule has 1 fully saturated rings.